The number of rotatable bonds is 10. The van der Waals surface area contributed by atoms with Crippen LogP contribution in [0.5, 0.6) is 11.5 Å². The van der Waals surface area contributed by atoms with E-state index < -0.39 is 17.7 Å². The minimum atomic E-state index is -0.783. The molecule has 3 aromatic rings. The van der Waals surface area contributed by atoms with Gasteiger partial charge in [0.1, 0.15) is 17.3 Å². The van der Waals surface area contributed by atoms with E-state index in [4.69, 9.17) is 9.47 Å². The van der Waals surface area contributed by atoms with Crippen LogP contribution in [-0.2, 0) is 16.1 Å². The van der Waals surface area contributed by atoms with Crippen molar-refractivity contribution in [3.63, 3.8) is 0 Å². The van der Waals surface area contributed by atoms with E-state index in [9.17, 15) is 14.7 Å². The van der Waals surface area contributed by atoms with Gasteiger partial charge in [0.25, 0.3) is 11.7 Å². The molecule has 186 valence electrons. The number of aromatic nitrogens is 1. The average molecular weight is 487 g/mol. The van der Waals surface area contributed by atoms with Gasteiger partial charge in [0.15, 0.2) is 0 Å². The monoisotopic (exact) mass is 486 g/mol. The lowest BCUT2D eigenvalue weighted by atomic mass is 9.96. The minimum Gasteiger partial charge on any atom is -0.507 e. The number of methoxy groups -OCH3 is 1. The Labute approximate surface area is 211 Å². The standard InChI is InChI=1S/C29H30N2O5/c1-3-4-5-16-36-23-13-11-21(12-14-23)27(32)25-26(22-9-7-15-30-18-22)31(29(34)28(25)33)19-20-8-6-10-24(17-20)35-2/h6-15,17-18,26,32H,3-5,16,19H2,1-2H3/b27-25-. The first-order chi connectivity index (χ1) is 17.5. The number of amides is 1. The lowest BCUT2D eigenvalue weighted by Gasteiger charge is -2.25. The molecule has 0 radical (unpaired) electrons. The predicted octanol–water partition coefficient (Wildman–Crippen LogP) is 5.28. The van der Waals surface area contributed by atoms with Crippen molar-refractivity contribution in [2.45, 2.75) is 38.8 Å². The summed E-state index contributed by atoms with van der Waals surface area (Å²) in [5, 5.41) is 11.2. The zero-order valence-electron chi connectivity index (χ0n) is 20.5. The number of Topliss-reactive ketones (excluding diaryl/α,β-unsaturated/α-hetero) is 1. The summed E-state index contributed by atoms with van der Waals surface area (Å²) in [5.41, 5.74) is 1.91. The Morgan fingerprint density at radius 1 is 1.03 bits per heavy atom. The van der Waals surface area contributed by atoms with Gasteiger partial charge >= 0.3 is 0 Å². The highest BCUT2D eigenvalue weighted by molar-refractivity contribution is 6.46. The largest absolute Gasteiger partial charge is 0.507 e. The van der Waals surface area contributed by atoms with Gasteiger partial charge < -0.3 is 19.5 Å². The highest BCUT2D eigenvalue weighted by Crippen LogP contribution is 2.40. The molecule has 1 aromatic heterocycles. The maximum absolute atomic E-state index is 13.2. The van der Waals surface area contributed by atoms with Crippen molar-refractivity contribution in [1.29, 1.82) is 0 Å². The van der Waals surface area contributed by atoms with E-state index in [2.05, 4.69) is 11.9 Å². The molecule has 4 rings (SSSR count). The normalized spacial score (nSPS) is 16.8. The number of carbonyl (C=O) groups is 2. The summed E-state index contributed by atoms with van der Waals surface area (Å²) in [6.45, 7) is 2.93. The van der Waals surface area contributed by atoms with Gasteiger partial charge in [-0.2, -0.15) is 0 Å². The Hall–Kier alpha value is -4.13. The van der Waals surface area contributed by atoms with E-state index >= 15 is 0 Å². The second-order valence-corrected chi connectivity index (χ2v) is 8.64. The second kappa shape index (κ2) is 11.5. The molecule has 7 heteroatoms. The third kappa shape index (κ3) is 5.40. The topological polar surface area (TPSA) is 89.0 Å². The zero-order chi connectivity index (χ0) is 25.5. The number of ketones is 1. The zero-order valence-corrected chi connectivity index (χ0v) is 20.5. The fourth-order valence-corrected chi connectivity index (χ4v) is 4.30. The number of benzene rings is 2. The van der Waals surface area contributed by atoms with E-state index in [-0.39, 0.29) is 17.9 Å². The van der Waals surface area contributed by atoms with Crippen molar-refractivity contribution in [2.24, 2.45) is 0 Å². The van der Waals surface area contributed by atoms with Crippen LogP contribution in [0.2, 0.25) is 0 Å². The molecule has 1 N–H and O–H groups in total. The minimum absolute atomic E-state index is 0.0347. The highest BCUT2D eigenvalue weighted by atomic mass is 16.5. The molecule has 1 fully saturated rings. The molecule has 0 spiro atoms. The van der Waals surface area contributed by atoms with E-state index in [0.29, 0.717) is 29.2 Å². The summed E-state index contributed by atoms with van der Waals surface area (Å²) in [7, 11) is 1.57. The molecule has 0 aliphatic carbocycles. The van der Waals surface area contributed by atoms with E-state index in [1.54, 1.807) is 55.9 Å². The van der Waals surface area contributed by atoms with E-state index in [1.165, 1.54) is 4.90 Å². The van der Waals surface area contributed by atoms with Gasteiger partial charge in [-0.15, -0.1) is 0 Å². The average Bonchev–Trinajstić information content (AvgIpc) is 3.16. The Balaban J connectivity index is 1.68. The molecule has 1 unspecified atom stereocenters. The second-order valence-electron chi connectivity index (χ2n) is 8.64. The number of carbonyl (C=O) groups excluding carboxylic acids is 2. The van der Waals surface area contributed by atoms with Gasteiger partial charge in [-0.25, -0.2) is 0 Å². The molecule has 0 bridgehead atoms. The number of hydrogen-bond donors (Lipinski definition) is 1. The van der Waals surface area contributed by atoms with Crippen LogP contribution in [0.25, 0.3) is 5.76 Å². The van der Waals surface area contributed by atoms with Crippen molar-refractivity contribution in [3.8, 4) is 11.5 Å². The van der Waals surface area contributed by atoms with Crippen LogP contribution < -0.4 is 9.47 Å². The first-order valence-electron chi connectivity index (χ1n) is 12.1. The fourth-order valence-electron chi connectivity index (χ4n) is 4.30. The van der Waals surface area contributed by atoms with Crippen molar-refractivity contribution in [2.75, 3.05) is 13.7 Å². The predicted molar refractivity (Wildman–Crippen MR) is 137 cm³/mol. The van der Waals surface area contributed by atoms with Crippen LogP contribution in [0.15, 0.2) is 78.6 Å². The molecule has 2 aromatic carbocycles. The maximum Gasteiger partial charge on any atom is 0.295 e. The molecule has 36 heavy (non-hydrogen) atoms. The van der Waals surface area contributed by atoms with Crippen LogP contribution in [0.4, 0.5) is 0 Å². The Bertz CT molecular complexity index is 1240. The quantitative estimate of drug-likeness (QED) is 0.182. The first kappa shape index (κ1) is 25.0. The highest BCUT2D eigenvalue weighted by Gasteiger charge is 2.46. The van der Waals surface area contributed by atoms with Gasteiger partial charge in [0.2, 0.25) is 0 Å². The van der Waals surface area contributed by atoms with Crippen molar-refractivity contribution in [3.05, 3.63) is 95.3 Å². The van der Waals surface area contributed by atoms with E-state index in [1.807, 2.05) is 24.3 Å². The molecule has 1 aliphatic heterocycles. The number of nitrogens with zero attached hydrogens (tertiary/aromatic N) is 2. The summed E-state index contributed by atoms with van der Waals surface area (Å²) in [6.07, 6.45) is 6.42. The molecule has 1 aliphatic rings. The smallest absolute Gasteiger partial charge is 0.295 e. The van der Waals surface area contributed by atoms with E-state index in [0.717, 1.165) is 24.8 Å². The number of aliphatic hydroxyl groups excluding tert-OH is 1. The molecular formula is C29H30N2O5. The SMILES string of the molecule is CCCCCOc1ccc(/C(O)=C2/C(=O)C(=O)N(Cc3cccc(OC)c3)C2c2cccnc2)cc1. The van der Waals surface area contributed by atoms with Crippen LogP contribution in [-0.4, -0.2) is 40.4 Å². The summed E-state index contributed by atoms with van der Waals surface area (Å²) in [5.74, 6) is -0.301. The Kier molecular flexibility index (Phi) is 8.00. The number of aliphatic hydroxyl groups is 1. The molecule has 0 saturated carbocycles. The third-order valence-electron chi connectivity index (χ3n) is 6.17. The number of likely N-dealkylation sites (tertiary alicyclic amines) is 1. The molecule has 1 amide bonds. The maximum atomic E-state index is 13.2. The number of hydrogen-bond acceptors (Lipinski definition) is 6. The Morgan fingerprint density at radius 2 is 1.83 bits per heavy atom. The van der Waals surface area contributed by atoms with Crippen molar-refractivity contribution >= 4 is 17.4 Å². The lowest BCUT2D eigenvalue weighted by Crippen LogP contribution is -2.29. The number of unbranched alkanes of at least 4 members (excludes halogenated alkanes) is 2. The van der Waals surface area contributed by atoms with Crippen LogP contribution >= 0.6 is 0 Å². The van der Waals surface area contributed by atoms with Crippen LogP contribution in [0.3, 0.4) is 0 Å². The van der Waals surface area contributed by atoms with Gasteiger partial charge in [0.05, 0.1) is 25.3 Å². The summed E-state index contributed by atoms with van der Waals surface area (Å²) >= 11 is 0. The van der Waals surface area contributed by atoms with Crippen molar-refractivity contribution in [1.82, 2.24) is 9.88 Å². The molecule has 2 heterocycles. The third-order valence-corrected chi connectivity index (χ3v) is 6.17. The lowest BCUT2D eigenvalue weighted by molar-refractivity contribution is -0.140. The Morgan fingerprint density at radius 3 is 2.53 bits per heavy atom. The first-order valence-corrected chi connectivity index (χ1v) is 12.1. The summed E-state index contributed by atoms with van der Waals surface area (Å²) in [4.78, 5) is 32.0. The van der Waals surface area contributed by atoms with Gasteiger partial charge in [-0.1, -0.05) is 38.0 Å². The summed E-state index contributed by atoms with van der Waals surface area (Å²) < 4.78 is 11.1. The molecule has 1 atom stereocenters. The molecule has 1 saturated heterocycles. The number of pyridine rings is 1. The molecule has 7 nitrogen and oxygen atoms in total. The molecular weight excluding hydrogens is 456 g/mol. The number of ether oxygens (including phenoxy) is 2. The summed E-state index contributed by atoms with van der Waals surface area (Å²) in [6, 6.07) is 17.0. The van der Waals surface area contributed by atoms with Gasteiger partial charge in [0, 0.05) is 24.5 Å². The van der Waals surface area contributed by atoms with Gasteiger partial charge in [-0.3, -0.25) is 14.6 Å². The fraction of sp³-hybridized carbons (Fsp3) is 0.276. The van der Waals surface area contributed by atoms with Crippen LogP contribution in [0.1, 0.15) is 48.9 Å². The van der Waals surface area contributed by atoms with Crippen molar-refractivity contribution < 1.29 is 24.2 Å². The van der Waals surface area contributed by atoms with Gasteiger partial charge in [-0.05, 0) is 60.0 Å². The van der Waals surface area contributed by atoms with Crippen LogP contribution in [0, 0.1) is 0 Å².